The highest BCUT2D eigenvalue weighted by atomic mass is 16.4. The van der Waals surface area contributed by atoms with E-state index in [1.165, 1.54) is 6.92 Å². The molecule has 1 N–H and O–H groups in total. The first-order chi connectivity index (χ1) is 7.15. The quantitative estimate of drug-likeness (QED) is 0.730. The molecule has 1 atom stereocenters. The van der Waals surface area contributed by atoms with E-state index < -0.39 is 11.9 Å². The van der Waals surface area contributed by atoms with Crippen LogP contribution in [0.1, 0.15) is 50.8 Å². The normalized spacial score (nSPS) is 12.7. The van der Waals surface area contributed by atoms with Gasteiger partial charge >= 0.3 is 5.97 Å². The summed E-state index contributed by atoms with van der Waals surface area (Å²) in [4.78, 5) is 10.6. The van der Waals surface area contributed by atoms with Gasteiger partial charge in [0.1, 0.15) is 5.92 Å². The first kappa shape index (κ1) is 11.7. The van der Waals surface area contributed by atoms with Gasteiger partial charge in [-0.3, -0.25) is 4.79 Å². The van der Waals surface area contributed by atoms with Crippen molar-refractivity contribution in [1.29, 1.82) is 0 Å². The van der Waals surface area contributed by atoms with E-state index in [1.807, 2.05) is 0 Å². The molecule has 0 saturated heterocycles. The van der Waals surface area contributed by atoms with Gasteiger partial charge in [0.05, 0.1) is 0 Å². The van der Waals surface area contributed by atoms with Crippen LogP contribution in [-0.2, 0) is 11.2 Å². The summed E-state index contributed by atoms with van der Waals surface area (Å²) in [6, 6.07) is 0. The Hall–Kier alpha value is -1.39. The van der Waals surface area contributed by atoms with Gasteiger partial charge < -0.3 is 9.52 Å². The van der Waals surface area contributed by atoms with Gasteiger partial charge in [0.2, 0.25) is 11.8 Å². The number of hydrogen-bond acceptors (Lipinski definition) is 4. The van der Waals surface area contributed by atoms with Crippen LogP contribution in [0.5, 0.6) is 0 Å². The predicted octanol–water partition coefficient (Wildman–Crippen LogP) is 1.99. The number of hydrogen-bond donors (Lipinski definition) is 1. The maximum atomic E-state index is 10.6. The third kappa shape index (κ3) is 3.34. The van der Waals surface area contributed by atoms with E-state index in [-0.39, 0.29) is 5.89 Å². The van der Waals surface area contributed by atoms with Gasteiger partial charge in [-0.05, 0) is 13.3 Å². The molecule has 15 heavy (non-hydrogen) atoms. The van der Waals surface area contributed by atoms with Crippen LogP contribution in [0.3, 0.4) is 0 Å². The molecule has 0 saturated carbocycles. The lowest BCUT2D eigenvalue weighted by molar-refractivity contribution is -0.138. The lowest BCUT2D eigenvalue weighted by Crippen LogP contribution is -2.07. The monoisotopic (exact) mass is 212 g/mol. The van der Waals surface area contributed by atoms with Crippen LogP contribution in [-0.4, -0.2) is 21.3 Å². The van der Waals surface area contributed by atoms with Crippen molar-refractivity contribution in [2.45, 2.75) is 45.4 Å². The average Bonchev–Trinajstić information content (AvgIpc) is 2.65. The molecule has 0 bridgehead atoms. The second-order valence-electron chi connectivity index (χ2n) is 3.55. The van der Waals surface area contributed by atoms with Gasteiger partial charge in [-0.2, -0.15) is 0 Å². The number of unbranched alkanes of at least 4 members (excludes halogenated alkanes) is 2. The van der Waals surface area contributed by atoms with Gasteiger partial charge in [0, 0.05) is 6.42 Å². The Morgan fingerprint density at radius 1 is 1.47 bits per heavy atom. The molecule has 84 valence electrons. The molecule has 0 amide bonds. The summed E-state index contributed by atoms with van der Waals surface area (Å²) < 4.78 is 5.25. The van der Waals surface area contributed by atoms with Crippen molar-refractivity contribution in [2.75, 3.05) is 0 Å². The maximum Gasteiger partial charge on any atom is 0.315 e. The van der Waals surface area contributed by atoms with Gasteiger partial charge in [-0.15, -0.1) is 10.2 Å². The van der Waals surface area contributed by atoms with E-state index in [2.05, 4.69) is 17.1 Å². The van der Waals surface area contributed by atoms with Crippen LogP contribution < -0.4 is 0 Å². The smallest absolute Gasteiger partial charge is 0.315 e. The number of aryl methyl sites for hydroxylation is 1. The third-order valence-corrected chi connectivity index (χ3v) is 2.22. The highest BCUT2D eigenvalue weighted by molar-refractivity contribution is 5.73. The molecule has 0 radical (unpaired) electrons. The van der Waals surface area contributed by atoms with Crippen LogP contribution in [0.25, 0.3) is 0 Å². The largest absolute Gasteiger partial charge is 0.481 e. The van der Waals surface area contributed by atoms with Crippen molar-refractivity contribution < 1.29 is 14.3 Å². The Balaban J connectivity index is 2.52. The van der Waals surface area contributed by atoms with E-state index in [1.54, 1.807) is 0 Å². The lowest BCUT2D eigenvalue weighted by Gasteiger charge is -1.97. The van der Waals surface area contributed by atoms with E-state index >= 15 is 0 Å². The molecule has 1 aromatic heterocycles. The highest BCUT2D eigenvalue weighted by Gasteiger charge is 2.20. The Morgan fingerprint density at radius 3 is 2.80 bits per heavy atom. The van der Waals surface area contributed by atoms with Crippen molar-refractivity contribution >= 4 is 5.97 Å². The van der Waals surface area contributed by atoms with Crippen LogP contribution in [0.15, 0.2) is 4.42 Å². The summed E-state index contributed by atoms with van der Waals surface area (Å²) in [5, 5.41) is 16.3. The molecule has 5 heteroatoms. The number of carbonyl (C=O) groups is 1. The number of aliphatic carboxylic acids is 1. The fraction of sp³-hybridized carbons (Fsp3) is 0.700. The maximum absolute atomic E-state index is 10.6. The van der Waals surface area contributed by atoms with Crippen molar-refractivity contribution in [1.82, 2.24) is 10.2 Å². The minimum Gasteiger partial charge on any atom is -0.481 e. The minimum absolute atomic E-state index is 0.189. The van der Waals surface area contributed by atoms with Gasteiger partial charge in [0.15, 0.2) is 0 Å². The van der Waals surface area contributed by atoms with Crippen molar-refractivity contribution in [3.8, 4) is 0 Å². The summed E-state index contributed by atoms with van der Waals surface area (Å²) in [5.74, 6) is -0.947. The molecule has 0 fully saturated rings. The molecule has 0 aliphatic carbocycles. The number of carboxylic acid groups (broad SMARTS) is 1. The first-order valence-electron chi connectivity index (χ1n) is 5.20. The number of nitrogens with zero attached hydrogens (tertiary/aromatic N) is 2. The number of carboxylic acids is 1. The van der Waals surface area contributed by atoms with Gasteiger partial charge in [-0.1, -0.05) is 19.8 Å². The zero-order valence-corrected chi connectivity index (χ0v) is 9.06. The van der Waals surface area contributed by atoms with Gasteiger partial charge in [0.25, 0.3) is 0 Å². The van der Waals surface area contributed by atoms with E-state index in [9.17, 15) is 4.79 Å². The summed E-state index contributed by atoms with van der Waals surface area (Å²) in [7, 11) is 0. The molecule has 1 unspecified atom stereocenters. The topological polar surface area (TPSA) is 76.2 Å². The van der Waals surface area contributed by atoms with Crippen LogP contribution in [0.2, 0.25) is 0 Å². The zero-order chi connectivity index (χ0) is 11.3. The number of aromatic nitrogens is 2. The fourth-order valence-electron chi connectivity index (χ4n) is 1.17. The Morgan fingerprint density at radius 2 is 2.20 bits per heavy atom. The van der Waals surface area contributed by atoms with Crippen molar-refractivity contribution in [2.24, 2.45) is 0 Å². The number of rotatable bonds is 6. The summed E-state index contributed by atoms with van der Waals surface area (Å²) in [6.45, 7) is 3.65. The SMILES string of the molecule is CCCCCc1nnc(C(C)C(=O)O)o1. The van der Waals surface area contributed by atoms with E-state index in [4.69, 9.17) is 9.52 Å². The highest BCUT2D eigenvalue weighted by Crippen LogP contribution is 2.14. The average molecular weight is 212 g/mol. The second kappa shape index (κ2) is 5.48. The standard InChI is InChI=1S/C10H16N2O3/c1-3-4-5-6-8-11-12-9(15-8)7(2)10(13)14/h7H,3-6H2,1-2H3,(H,13,14). The minimum atomic E-state index is -0.946. The molecule has 1 rings (SSSR count). The lowest BCUT2D eigenvalue weighted by atomic mass is 10.2. The van der Waals surface area contributed by atoms with Crippen LogP contribution in [0.4, 0.5) is 0 Å². The summed E-state index contributed by atoms with van der Waals surface area (Å²) in [5.41, 5.74) is 0. The Labute approximate surface area is 88.5 Å². The van der Waals surface area contributed by atoms with Gasteiger partial charge in [-0.25, -0.2) is 0 Å². The molecule has 0 aliphatic heterocycles. The van der Waals surface area contributed by atoms with Crippen molar-refractivity contribution in [3.63, 3.8) is 0 Å². The third-order valence-electron chi connectivity index (χ3n) is 2.22. The summed E-state index contributed by atoms with van der Waals surface area (Å²) >= 11 is 0. The second-order valence-corrected chi connectivity index (χ2v) is 3.55. The zero-order valence-electron chi connectivity index (χ0n) is 9.06. The first-order valence-corrected chi connectivity index (χ1v) is 5.20. The molecule has 0 spiro atoms. The van der Waals surface area contributed by atoms with Crippen molar-refractivity contribution in [3.05, 3.63) is 11.8 Å². The van der Waals surface area contributed by atoms with Crippen LogP contribution >= 0.6 is 0 Å². The molecular weight excluding hydrogens is 196 g/mol. The summed E-state index contributed by atoms with van der Waals surface area (Å²) in [6.07, 6.45) is 3.98. The van der Waals surface area contributed by atoms with E-state index in [0.717, 1.165) is 25.7 Å². The van der Waals surface area contributed by atoms with Crippen LogP contribution in [0, 0.1) is 0 Å². The molecule has 1 heterocycles. The van der Waals surface area contributed by atoms with E-state index in [0.29, 0.717) is 5.89 Å². The Bertz CT molecular complexity index is 322. The molecule has 5 nitrogen and oxygen atoms in total. The Kier molecular flexibility index (Phi) is 4.27. The molecular formula is C10H16N2O3. The molecule has 1 aromatic rings. The fourth-order valence-corrected chi connectivity index (χ4v) is 1.17. The predicted molar refractivity (Wildman–Crippen MR) is 53.6 cm³/mol. The molecule has 0 aliphatic rings. The molecule has 0 aromatic carbocycles.